The van der Waals surface area contributed by atoms with Crippen LogP contribution in [0.3, 0.4) is 0 Å². The minimum Gasteiger partial charge on any atom is -0.395 e. The fraction of sp³-hybridized carbons (Fsp3) is 0.533. The summed E-state index contributed by atoms with van der Waals surface area (Å²) >= 11 is 0. The second-order valence-electron chi connectivity index (χ2n) is 5.15. The highest BCUT2D eigenvalue weighted by Crippen LogP contribution is 2.11. The van der Waals surface area contributed by atoms with E-state index in [2.05, 4.69) is 10.2 Å². The molecule has 0 spiro atoms. The van der Waals surface area contributed by atoms with Crippen molar-refractivity contribution < 1.29 is 14.6 Å². The summed E-state index contributed by atoms with van der Waals surface area (Å²) in [5, 5.41) is 12.1. The molecule has 0 aliphatic carbocycles. The summed E-state index contributed by atoms with van der Waals surface area (Å²) in [6, 6.07) is 7.51. The first-order chi connectivity index (χ1) is 10.2. The highest BCUT2D eigenvalue weighted by Gasteiger charge is 2.22. The molecule has 0 radical (unpaired) electrons. The van der Waals surface area contributed by atoms with Crippen LogP contribution < -0.4 is 11.1 Å². The van der Waals surface area contributed by atoms with Crippen LogP contribution in [0.15, 0.2) is 24.3 Å². The number of anilines is 1. The lowest BCUT2D eigenvalue weighted by Gasteiger charge is -2.34. The molecule has 6 heteroatoms. The van der Waals surface area contributed by atoms with Crippen molar-refractivity contribution in [2.75, 3.05) is 38.2 Å². The first-order valence-corrected chi connectivity index (χ1v) is 7.24. The van der Waals surface area contributed by atoms with Gasteiger partial charge < -0.3 is 20.9 Å². The zero-order valence-corrected chi connectivity index (χ0v) is 12.1. The van der Waals surface area contributed by atoms with E-state index >= 15 is 0 Å². The summed E-state index contributed by atoms with van der Waals surface area (Å²) in [6.07, 6.45) is 0.398. The second kappa shape index (κ2) is 8.09. The average Bonchev–Trinajstić information content (AvgIpc) is 2.54. The fourth-order valence-electron chi connectivity index (χ4n) is 2.34. The van der Waals surface area contributed by atoms with Crippen molar-refractivity contribution in [1.29, 1.82) is 0 Å². The molecule has 1 aromatic rings. The Morgan fingerprint density at radius 2 is 2.19 bits per heavy atom. The van der Waals surface area contributed by atoms with Gasteiger partial charge in [-0.1, -0.05) is 12.1 Å². The van der Waals surface area contributed by atoms with Gasteiger partial charge >= 0.3 is 0 Å². The Kier molecular flexibility index (Phi) is 6.13. The number of nitrogens with one attached hydrogen (secondary N) is 1. The molecule has 0 bridgehead atoms. The Morgan fingerprint density at radius 1 is 1.43 bits per heavy atom. The van der Waals surface area contributed by atoms with Gasteiger partial charge in [-0.25, -0.2) is 0 Å². The van der Waals surface area contributed by atoms with Crippen LogP contribution in [0.2, 0.25) is 0 Å². The number of amides is 1. The maximum absolute atomic E-state index is 11.9. The number of morpholine rings is 1. The van der Waals surface area contributed by atoms with Gasteiger partial charge in [-0.05, 0) is 17.7 Å². The Hall–Kier alpha value is -1.47. The van der Waals surface area contributed by atoms with Crippen molar-refractivity contribution in [3.8, 4) is 0 Å². The fourth-order valence-corrected chi connectivity index (χ4v) is 2.34. The van der Waals surface area contributed by atoms with Crippen molar-refractivity contribution >= 4 is 11.6 Å². The number of benzene rings is 1. The number of nitrogens with zero attached hydrogens (tertiary/aromatic N) is 1. The van der Waals surface area contributed by atoms with Crippen molar-refractivity contribution in [1.82, 2.24) is 4.90 Å². The third-order valence-corrected chi connectivity index (χ3v) is 3.66. The zero-order chi connectivity index (χ0) is 15.1. The quantitative estimate of drug-likeness (QED) is 0.696. The maximum atomic E-state index is 11.9. The molecule has 2 rings (SSSR count). The Labute approximate surface area is 124 Å². The van der Waals surface area contributed by atoms with Crippen LogP contribution in [0, 0.1) is 0 Å². The highest BCUT2D eigenvalue weighted by molar-refractivity contribution is 5.90. The zero-order valence-electron chi connectivity index (χ0n) is 12.1. The summed E-state index contributed by atoms with van der Waals surface area (Å²) in [7, 11) is 0. The molecule has 4 N–H and O–H groups in total. The largest absolute Gasteiger partial charge is 0.395 e. The molecule has 0 saturated carbocycles. The van der Waals surface area contributed by atoms with E-state index in [0.717, 1.165) is 17.8 Å². The van der Waals surface area contributed by atoms with Gasteiger partial charge in [-0.3, -0.25) is 9.69 Å². The predicted molar refractivity (Wildman–Crippen MR) is 80.8 cm³/mol. The average molecular weight is 293 g/mol. The summed E-state index contributed by atoms with van der Waals surface area (Å²) < 4.78 is 5.32. The van der Waals surface area contributed by atoms with Crippen molar-refractivity contribution in [2.24, 2.45) is 5.73 Å². The van der Waals surface area contributed by atoms with Gasteiger partial charge in [-0.15, -0.1) is 0 Å². The van der Waals surface area contributed by atoms with E-state index in [9.17, 15) is 9.90 Å². The molecule has 1 aliphatic heterocycles. The molecular weight excluding hydrogens is 270 g/mol. The summed E-state index contributed by atoms with van der Waals surface area (Å²) in [6.45, 7) is 3.11. The number of aliphatic hydroxyl groups excluding tert-OH is 1. The topological polar surface area (TPSA) is 87.8 Å². The molecule has 1 atom stereocenters. The van der Waals surface area contributed by atoms with Crippen molar-refractivity contribution in [3.05, 3.63) is 29.8 Å². The Morgan fingerprint density at radius 3 is 2.86 bits per heavy atom. The standard InChI is InChI=1S/C15H23N3O3/c16-9-12-1-3-13(4-2-12)17-15(20)5-6-18-7-8-21-11-14(18)10-19/h1-4,14,19H,5-11,16H2,(H,17,20). The molecule has 1 heterocycles. The van der Waals surface area contributed by atoms with E-state index in [1.165, 1.54) is 0 Å². The van der Waals surface area contributed by atoms with Crippen LogP contribution in [0.5, 0.6) is 0 Å². The predicted octanol–water partition coefficient (Wildman–Crippen LogP) is 0.167. The third-order valence-electron chi connectivity index (χ3n) is 3.66. The van der Waals surface area contributed by atoms with Gasteiger partial charge in [0.05, 0.1) is 25.9 Å². The molecule has 6 nitrogen and oxygen atoms in total. The molecule has 116 valence electrons. The number of hydrogen-bond donors (Lipinski definition) is 3. The van der Waals surface area contributed by atoms with Crippen LogP contribution in [0.1, 0.15) is 12.0 Å². The van der Waals surface area contributed by atoms with Gasteiger partial charge in [0.25, 0.3) is 0 Å². The summed E-state index contributed by atoms with van der Waals surface area (Å²) in [4.78, 5) is 14.0. The normalized spacial score (nSPS) is 19.4. The Balaban J connectivity index is 1.78. The summed E-state index contributed by atoms with van der Waals surface area (Å²) in [5.74, 6) is -0.0290. The first kappa shape index (κ1) is 15.9. The lowest BCUT2D eigenvalue weighted by Crippen LogP contribution is -2.48. The number of ether oxygens (including phenoxy) is 1. The van der Waals surface area contributed by atoms with Crippen molar-refractivity contribution in [2.45, 2.75) is 19.0 Å². The van der Waals surface area contributed by atoms with Crippen LogP contribution in [0.4, 0.5) is 5.69 Å². The minimum atomic E-state index is -0.0290. The van der Waals surface area contributed by atoms with E-state index in [4.69, 9.17) is 10.5 Å². The van der Waals surface area contributed by atoms with Gasteiger partial charge in [0.2, 0.25) is 5.91 Å². The molecular formula is C15H23N3O3. The third kappa shape index (κ3) is 4.78. The number of aliphatic hydroxyl groups is 1. The van der Waals surface area contributed by atoms with Crippen LogP contribution in [0.25, 0.3) is 0 Å². The van der Waals surface area contributed by atoms with Gasteiger partial charge in [0, 0.05) is 31.7 Å². The van der Waals surface area contributed by atoms with E-state index < -0.39 is 0 Å². The second-order valence-corrected chi connectivity index (χ2v) is 5.15. The highest BCUT2D eigenvalue weighted by atomic mass is 16.5. The SMILES string of the molecule is NCc1ccc(NC(=O)CCN2CCOCC2CO)cc1. The monoisotopic (exact) mass is 293 g/mol. The molecule has 1 amide bonds. The van der Waals surface area contributed by atoms with E-state index in [-0.39, 0.29) is 18.6 Å². The molecule has 1 fully saturated rings. The van der Waals surface area contributed by atoms with Gasteiger partial charge in [-0.2, -0.15) is 0 Å². The number of carbonyl (C=O) groups is 1. The van der Waals surface area contributed by atoms with Crippen LogP contribution >= 0.6 is 0 Å². The van der Waals surface area contributed by atoms with Crippen molar-refractivity contribution in [3.63, 3.8) is 0 Å². The number of carbonyl (C=O) groups excluding carboxylic acids is 1. The lowest BCUT2D eigenvalue weighted by atomic mass is 10.2. The first-order valence-electron chi connectivity index (χ1n) is 7.24. The maximum Gasteiger partial charge on any atom is 0.225 e. The summed E-state index contributed by atoms with van der Waals surface area (Å²) in [5.41, 5.74) is 7.34. The Bertz CT molecular complexity index is 450. The molecule has 21 heavy (non-hydrogen) atoms. The van der Waals surface area contributed by atoms with Crippen LogP contribution in [-0.2, 0) is 16.1 Å². The number of rotatable bonds is 6. The molecule has 1 unspecified atom stereocenters. The van der Waals surface area contributed by atoms with Gasteiger partial charge in [0.15, 0.2) is 0 Å². The molecule has 1 aromatic carbocycles. The number of nitrogens with two attached hydrogens (primary N) is 1. The number of hydrogen-bond acceptors (Lipinski definition) is 5. The molecule has 1 aliphatic rings. The minimum absolute atomic E-state index is 0.00427. The van der Waals surface area contributed by atoms with Crippen LogP contribution in [-0.4, -0.2) is 54.9 Å². The lowest BCUT2D eigenvalue weighted by molar-refractivity contribution is -0.117. The van der Waals surface area contributed by atoms with E-state index in [1.807, 2.05) is 24.3 Å². The molecule has 1 saturated heterocycles. The molecule has 0 aromatic heterocycles. The smallest absolute Gasteiger partial charge is 0.225 e. The van der Waals surface area contributed by atoms with E-state index in [1.54, 1.807) is 0 Å². The van der Waals surface area contributed by atoms with E-state index in [0.29, 0.717) is 32.7 Å². The van der Waals surface area contributed by atoms with Gasteiger partial charge in [0.1, 0.15) is 0 Å².